The number of aromatic hydroxyl groups is 1. The SMILES string of the molecule is COc1cc(C=Nc2cc3c4c(c2)[C@@H](c2ccccc2)CCN4CC[C@@H]3c2ccccc2)cc(Br)c1O. The highest BCUT2D eigenvalue weighted by Crippen LogP contribution is 2.50. The molecule has 2 atom stereocenters. The minimum Gasteiger partial charge on any atom is -0.503 e. The molecule has 0 bridgehead atoms. The van der Waals surface area contributed by atoms with Crippen LogP contribution in [0.15, 0.2) is 94.4 Å². The Morgan fingerprint density at radius 3 is 1.97 bits per heavy atom. The fraction of sp³-hybridized carbons (Fsp3) is 0.219. The van der Waals surface area contributed by atoms with Gasteiger partial charge in [-0.05, 0) is 80.9 Å². The lowest BCUT2D eigenvalue weighted by Gasteiger charge is -2.43. The van der Waals surface area contributed by atoms with E-state index in [1.165, 1.54) is 27.9 Å². The molecule has 5 heteroatoms. The van der Waals surface area contributed by atoms with Crippen molar-refractivity contribution < 1.29 is 9.84 Å². The van der Waals surface area contributed by atoms with E-state index in [1.54, 1.807) is 13.2 Å². The van der Waals surface area contributed by atoms with Gasteiger partial charge in [0.2, 0.25) is 0 Å². The molecule has 1 N–H and O–H groups in total. The molecular formula is C32H29BrN2O2. The summed E-state index contributed by atoms with van der Waals surface area (Å²) in [5.41, 5.74) is 8.66. The lowest BCUT2D eigenvalue weighted by molar-refractivity contribution is 0.372. The maximum Gasteiger partial charge on any atom is 0.172 e. The minimum absolute atomic E-state index is 0.0920. The number of benzene rings is 4. The monoisotopic (exact) mass is 552 g/mol. The average Bonchev–Trinajstić information content (AvgIpc) is 2.95. The van der Waals surface area contributed by atoms with Gasteiger partial charge >= 0.3 is 0 Å². The maximum absolute atomic E-state index is 10.2. The smallest absolute Gasteiger partial charge is 0.172 e. The Morgan fingerprint density at radius 1 is 0.865 bits per heavy atom. The number of halogens is 1. The standard InChI is InChI=1S/C32H29BrN2O2/c1-37-30-17-21(16-29(33)32(30)36)20-34-24-18-27-25(22-8-4-2-5-9-22)12-14-35-15-13-26(28(19-24)31(27)35)23-10-6-3-7-11-23/h2-11,16-20,25-26,36H,12-15H2,1H3/t25-,26-/m1/s1. The number of hydrogen-bond acceptors (Lipinski definition) is 4. The highest BCUT2D eigenvalue weighted by atomic mass is 79.9. The van der Waals surface area contributed by atoms with Crippen molar-refractivity contribution in [3.8, 4) is 11.5 Å². The van der Waals surface area contributed by atoms with E-state index in [9.17, 15) is 5.11 Å². The van der Waals surface area contributed by atoms with Crippen LogP contribution in [0, 0.1) is 0 Å². The van der Waals surface area contributed by atoms with Crippen LogP contribution in [0.25, 0.3) is 0 Å². The van der Waals surface area contributed by atoms with Gasteiger partial charge < -0.3 is 14.7 Å². The molecule has 4 aromatic carbocycles. The van der Waals surface area contributed by atoms with Crippen molar-refractivity contribution >= 4 is 33.5 Å². The number of phenols is 1. The predicted molar refractivity (Wildman–Crippen MR) is 154 cm³/mol. The summed E-state index contributed by atoms with van der Waals surface area (Å²) >= 11 is 3.42. The van der Waals surface area contributed by atoms with Gasteiger partial charge in [-0.2, -0.15) is 0 Å². The zero-order valence-electron chi connectivity index (χ0n) is 20.8. The molecule has 186 valence electrons. The van der Waals surface area contributed by atoms with Gasteiger partial charge in [-0.1, -0.05) is 60.7 Å². The van der Waals surface area contributed by atoms with Crippen LogP contribution in [0.5, 0.6) is 11.5 Å². The van der Waals surface area contributed by atoms with Crippen LogP contribution in [0.1, 0.15) is 52.5 Å². The molecular weight excluding hydrogens is 524 g/mol. The van der Waals surface area contributed by atoms with Crippen LogP contribution >= 0.6 is 15.9 Å². The second-order valence-electron chi connectivity index (χ2n) is 9.78. The molecule has 37 heavy (non-hydrogen) atoms. The summed E-state index contributed by atoms with van der Waals surface area (Å²) in [5.74, 6) is 1.20. The van der Waals surface area contributed by atoms with Crippen LogP contribution in [0.3, 0.4) is 0 Å². The number of methoxy groups -OCH3 is 1. The molecule has 4 aromatic rings. The van der Waals surface area contributed by atoms with Crippen LogP contribution in [-0.4, -0.2) is 31.5 Å². The number of rotatable bonds is 5. The zero-order chi connectivity index (χ0) is 25.4. The second kappa shape index (κ2) is 10.1. The Morgan fingerprint density at radius 2 is 1.43 bits per heavy atom. The third-order valence-electron chi connectivity index (χ3n) is 7.63. The highest BCUT2D eigenvalue weighted by molar-refractivity contribution is 9.10. The van der Waals surface area contributed by atoms with E-state index >= 15 is 0 Å². The van der Waals surface area contributed by atoms with Gasteiger partial charge in [-0.3, -0.25) is 4.99 Å². The summed E-state index contributed by atoms with van der Waals surface area (Å²) in [6.07, 6.45) is 4.04. The van der Waals surface area contributed by atoms with E-state index in [-0.39, 0.29) is 5.75 Å². The Hall–Kier alpha value is -3.57. The molecule has 0 radical (unpaired) electrons. The molecule has 2 heterocycles. The molecule has 0 unspecified atom stereocenters. The van der Waals surface area contributed by atoms with E-state index < -0.39 is 0 Å². The molecule has 6 rings (SSSR count). The van der Waals surface area contributed by atoms with E-state index in [0.29, 0.717) is 22.1 Å². The lowest BCUT2D eigenvalue weighted by Crippen LogP contribution is -2.37. The summed E-state index contributed by atoms with van der Waals surface area (Å²) < 4.78 is 5.91. The number of nitrogens with zero attached hydrogens (tertiary/aromatic N) is 2. The van der Waals surface area contributed by atoms with Gasteiger partial charge in [-0.25, -0.2) is 0 Å². The van der Waals surface area contributed by atoms with E-state index in [2.05, 4.69) is 93.6 Å². The van der Waals surface area contributed by atoms with Crippen molar-refractivity contribution in [3.63, 3.8) is 0 Å². The first kappa shape index (κ1) is 23.8. The highest BCUT2D eigenvalue weighted by Gasteiger charge is 2.35. The molecule has 4 nitrogen and oxygen atoms in total. The van der Waals surface area contributed by atoms with Crippen molar-refractivity contribution in [3.05, 3.63) is 117 Å². The van der Waals surface area contributed by atoms with Crippen molar-refractivity contribution in [2.75, 3.05) is 25.1 Å². The zero-order valence-corrected chi connectivity index (χ0v) is 22.4. The largest absolute Gasteiger partial charge is 0.503 e. The quantitative estimate of drug-likeness (QED) is 0.257. The molecule has 0 aliphatic carbocycles. The third kappa shape index (κ3) is 4.53. The van der Waals surface area contributed by atoms with Gasteiger partial charge in [0.25, 0.3) is 0 Å². The first-order valence-electron chi connectivity index (χ1n) is 12.8. The van der Waals surface area contributed by atoms with Crippen molar-refractivity contribution in [2.24, 2.45) is 4.99 Å². The number of anilines is 1. The molecule has 0 spiro atoms. The summed E-state index contributed by atoms with van der Waals surface area (Å²) in [7, 11) is 1.55. The topological polar surface area (TPSA) is 45.1 Å². The molecule has 2 aliphatic heterocycles. The summed E-state index contributed by atoms with van der Waals surface area (Å²) in [6.45, 7) is 2.15. The van der Waals surface area contributed by atoms with Gasteiger partial charge in [0.1, 0.15) is 0 Å². The maximum atomic E-state index is 10.2. The fourth-order valence-corrected chi connectivity index (χ4v) is 6.35. The van der Waals surface area contributed by atoms with Crippen LogP contribution in [0.2, 0.25) is 0 Å². The minimum atomic E-state index is 0.0920. The van der Waals surface area contributed by atoms with E-state index in [1.807, 2.05) is 12.3 Å². The van der Waals surface area contributed by atoms with Gasteiger partial charge in [0.15, 0.2) is 11.5 Å². The number of ether oxygens (including phenoxy) is 1. The van der Waals surface area contributed by atoms with Gasteiger partial charge in [0.05, 0.1) is 17.3 Å². The Bertz CT molecular complexity index is 1380. The normalized spacial score (nSPS) is 18.6. The number of hydrogen-bond donors (Lipinski definition) is 1. The number of aliphatic imine (C=N–C) groups is 1. The second-order valence-corrected chi connectivity index (χ2v) is 10.6. The van der Waals surface area contributed by atoms with Gasteiger partial charge in [0, 0.05) is 36.8 Å². The Kier molecular flexibility index (Phi) is 6.47. The molecule has 0 saturated carbocycles. The van der Waals surface area contributed by atoms with Gasteiger partial charge in [-0.15, -0.1) is 0 Å². The number of phenolic OH excluding ortho intramolecular Hbond substituents is 1. The van der Waals surface area contributed by atoms with Crippen LogP contribution in [-0.2, 0) is 0 Å². The average molecular weight is 554 g/mol. The molecule has 0 saturated heterocycles. The molecule has 0 amide bonds. The molecule has 0 aromatic heterocycles. The summed E-state index contributed by atoms with van der Waals surface area (Å²) in [6, 6.07) is 29.9. The van der Waals surface area contributed by atoms with Crippen molar-refractivity contribution in [1.29, 1.82) is 0 Å². The van der Waals surface area contributed by atoms with Crippen molar-refractivity contribution in [1.82, 2.24) is 0 Å². The molecule has 0 fully saturated rings. The lowest BCUT2D eigenvalue weighted by atomic mass is 9.76. The predicted octanol–water partition coefficient (Wildman–Crippen LogP) is 7.79. The first-order chi connectivity index (χ1) is 18.1. The Balaban J connectivity index is 1.49. The van der Waals surface area contributed by atoms with E-state index in [0.717, 1.165) is 37.2 Å². The summed E-state index contributed by atoms with van der Waals surface area (Å²) in [5, 5.41) is 10.2. The first-order valence-corrected chi connectivity index (χ1v) is 13.5. The third-order valence-corrected chi connectivity index (χ3v) is 8.24. The van der Waals surface area contributed by atoms with E-state index in [4.69, 9.17) is 9.73 Å². The molecule has 2 aliphatic rings. The Labute approximate surface area is 226 Å². The van der Waals surface area contributed by atoms with Crippen LogP contribution in [0.4, 0.5) is 11.4 Å². The summed E-state index contributed by atoms with van der Waals surface area (Å²) in [4.78, 5) is 7.53. The fourth-order valence-electron chi connectivity index (χ4n) is 5.89. The van der Waals surface area contributed by atoms with Crippen LogP contribution < -0.4 is 9.64 Å². The van der Waals surface area contributed by atoms with Crippen molar-refractivity contribution in [2.45, 2.75) is 24.7 Å².